The zero-order chi connectivity index (χ0) is 8.15. The minimum atomic E-state index is -1.27. The van der Waals surface area contributed by atoms with Crippen LogP contribution in [0.25, 0.3) is 0 Å². The fraction of sp³-hybridized carbons (Fsp3) is 0.286. The van der Waals surface area contributed by atoms with E-state index < -0.39 is 12.0 Å². The van der Waals surface area contributed by atoms with E-state index in [9.17, 15) is 9.90 Å². The molecule has 0 aliphatic heterocycles. The van der Waals surface area contributed by atoms with Crippen molar-refractivity contribution in [1.29, 1.82) is 0 Å². The van der Waals surface area contributed by atoms with Gasteiger partial charge in [0.15, 0.2) is 0 Å². The van der Waals surface area contributed by atoms with Crippen LogP contribution in [0.4, 0.5) is 0 Å². The maximum Gasteiger partial charge on any atom is 0.0658 e. The number of nitrogens with two attached hydrogens (primary N) is 1. The first-order valence-electron chi connectivity index (χ1n) is 2.85. The second-order valence-corrected chi connectivity index (χ2v) is 1.94. The van der Waals surface area contributed by atoms with Crippen LogP contribution in [0, 0.1) is 0 Å². The first kappa shape index (κ1) is 8.91. The molecule has 0 amide bonds. The highest BCUT2D eigenvalue weighted by molar-refractivity contribution is 5.74. The first-order chi connectivity index (χ1) is 4.59. The smallest absolute Gasteiger partial charge is 0.0658 e. The number of carboxylic acid groups (broad SMARTS) is 1. The lowest BCUT2D eigenvalue weighted by atomic mass is 10.1. The third kappa shape index (κ3) is 2.46. The van der Waals surface area contributed by atoms with E-state index in [0.29, 0.717) is 5.57 Å². The monoisotopic (exact) mass is 140 g/mol. The first-order valence-corrected chi connectivity index (χ1v) is 2.85. The van der Waals surface area contributed by atoms with E-state index in [1.165, 1.54) is 6.08 Å². The molecule has 0 aromatic heterocycles. The number of carboxylic acids is 1. The number of carbonyl (C=O) groups excluding carboxylic acids is 1. The van der Waals surface area contributed by atoms with E-state index in [1.807, 2.05) is 0 Å². The van der Waals surface area contributed by atoms with Crippen LogP contribution in [0.2, 0.25) is 0 Å². The van der Waals surface area contributed by atoms with Crippen LogP contribution in [0.5, 0.6) is 0 Å². The maximum absolute atomic E-state index is 10.1. The fourth-order valence-electron chi connectivity index (χ4n) is 0.475. The molecule has 3 heteroatoms. The van der Waals surface area contributed by atoms with Gasteiger partial charge in [0.2, 0.25) is 0 Å². The highest BCUT2D eigenvalue weighted by atomic mass is 16.4. The van der Waals surface area contributed by atoms with Crippen LogP contribution in [-0.2, 0) is 4.79 Å². The molecule has 0 heterocycles. The van der Waals surface area contributed by atoms with Crippen LogP contribution in [-0.4, -0.2) is 12.0 Å². The Kier molecular flexibility index (Phi) is 3.43. The molecule has 0 fully saturated rings. The Hall–Kier alpha value is -1.09. The number of hydrogen-bond donors (Lipinski definition) is 1. The fourth-order valence-corrected chi connectivity index (χ4v) is 0.475. The van der Waals surface area contributed by atoms with Crippen molar-refractivity contribution in [3.8, 4) is 0 Å². The van der Waals surface area contributed by atoms with Gasteiger partial charge in [0.05, 0.1) is 12.0 Å². The highest BCUT2D eigenvalue weighted by Gasteiger charge is 2.02. The molecule has 0 saturated heterocycles. The molecule has 56 valence electrons. The summed E-state index contributed by atoms with van der Waals surface area (Å²) in [6.45, 7) is 5.01. The van der Waals surface area contributed by atoms with Crippen LogP contribution in [0.15, 0.2) is 24.3 Å². The summed E-state index contributed by atoms with van der Waals surface area (Å²) in [5.74, 6) is -1.27. The molecule has 1 atom stereocenters. The molecule has 0 saturated carbocycles. The van der Waals surface area contributed by atoms with Gasteiger partial charge in [0, 0.05) is 0 Å². The average Bonchev–Trinajstić information content (AvgIpc) is 1.87. The molecular formula is C7H10NO2-. The predicted molar refractivity (Wildman–Crippen MR) is 36.9 cm³/mol. The molecule has 0 spiro atoms. The third-order valence-electron chi connectivity index (χ3n) is 1.13. The van der Waals surface area contributed by atoms with Crippen molar-refractivity contribution in [3.63, 3.8) is 0 Å². The molecule has 0 aromatic rings. The summed E-state index contributed by atoms with van der Waals surface area (Å²) in [6.07, 6.45) is 3.03. The standard InChI is InChI=1S/C7H11NO2/c1-3-4-5(2)6(8)7(9)10/h3-4,6H,1,8H2,2H3,(H,9,10)/p-1/b5-4-/t6-/m0/s1. The summed E-state index contributed by atoms with van der Waals surface area (Å²) >= 11 is 0. The third-order valence-corrected chi connectivity index (χ3v) is 1.13. The van der Waals surface area contributed by atoms with Crippen molar-refractivity contribution in [3.05, 3.63) is 24.3 Å². The predicted octanol–water partition coefficient (Wildman–Crippen LogP) is -0.804. The van der Waals surface area contributed by atoms with Gasteiger partial charge in [-0.1, -0.05) is 24.3 Å². The summed E-state index contributed by atoms with van der Waals surface area (Å²) in [7, 11) is 0. The minimum absolute atomic E-state index is 0.537. The van der Waals surface area contributed by atoms with Crippen LogP contribution in [0.3, 0.4) is 0 Å². The normalized spacial score (nSPS) is 14.4. The quantitative estimate of drug-likeness (QED) is 0.522. The van der Waals surface area contributed by atoms with Crippen molar-refractivity contribution < 1.29 is 9.90 Å². The van der Waals surface area contributed by atoms with E-state index in [4.69, 9.17) is 5.73 Å². The summed E-state index contributed by atoms with van der Waals surface area (Å²) in [4.78, 5) is 10.1. The van der Waals surface area contributed by atoms with Crippen molar-refractivity contribution in [2.75, 3.05) is 0 Å². The van der Waals surface area contributed by atoms with Crippen molar-refractivity contribution in [1.82, 2.24) is 0 Å². The average molecular weight is 140 g/mol. The van der Waals surface area contributed by atoms with E-state index >= 15 is 0 Å². The minimum Gasteiger partial charge on any atom is -0.548 e. The van der Waals surface area contributed by atoms with Crippen molar-refractivity contribution >= 4 is 5.97 Å². The van der Waals surface area contributed by atoms with Gasteiger partial charge in [0.1, 0.15) is 0 Å². The Labute approximate surface area is 59.8 Å². The van der Waals surface area contributed by atoms with Gasteiger partial charge in [-0.15, -0.1) is 0 Å². The van der Waals surface area contributed by atoms with Gasteiger partial charge in [-0.05, 0) is 6.92 Å². The lowest BCUT2D eigenvalue weighted by molar-refractivity contribution is -0.306. The Morgan fingerprint density at radius 1 is 1.80 bits per heavy atom. The molecule has 10 heavy (non-hydrogen) atoms. The second-order valence-electron chi connectivity index (χ2n) is 1.94. The number of aliphatic carboxylic acids is 1. The molecule has 0 rings (SSSR count). The van der Waals surface area contributed by atoms with Gasteiger partial charge in [-0.3, -0.25) is 0 Å². The van der Waals surface area contributed by atoms with E-state index in [1.54, 1.807) is 13.0 Å². The molecule has 3 nitrogen and oxygen atoms in total. The number of rotatable bonds is 3. The largest absolute Gasteiger partial charge is 0.548 e. The zero-order valence-electron chi connectivity index (χ0n) is 5.83. The Morgan fingerprint density at radius 3 is 2.60 bits per heavy atom. The van der Waals surface area contributed by atoms with Crippen LogP contribution < -0.4 is 10.8 Å². The lowest BCUT2D eigenvalue weighted by Crippen LogP contribution is -2.42. The van der Waals surface area contributed by atoms with E-state index in [0.717, 1.165) is 0 Å². The highest BCUT2D eigenvalue weighted by Crippen LogP contribution is 1.96. The van der Waals surface area contributed by atoms with Gasteiger partial charge in [-0.25, -0.2) is 0 Å². The Balaban J connectivity index is 4.19. The summed E-state index contributed by atoms with van der Waals surface area (Å²) in [6, 6.07) is -1.02. The summed E-state index contributed by atoms with van der Waals surface area (Å²) in [5, 5.41) is 10.1. The lowest BCUT2D eigenvalue weighted by Gasteiger charge is -2.11. The topological polar surface area (TPSA) is 66.2 Å². The van der Waals surface area contributed by atoms with Crippen molar-refractivity contribution in [2.24, 2.45) is 5.73 Å². The maximum atomic E-state index is 10.1. The number of carbonyl (C=O) groups is 1. The Bertz CT molecular complexity index is 172. The van der Waals surface area contributed by atoms with Gasteiger partial charge in [0.25, 0.3) is 0 Å². The van der Waals surface area contributed by atoms with Gasteiger partial charge in [-0.2, -0.15) is 0 Å². The Morgan fingerprint density at radius 2 is 2.30 bits per heavy atom. The molecular weight excluding hydrogens is 130 g/mol. The molecule has 2 N–H and O–H groups in total. The molecule has 0 aliphatic rings. The number of allylic oxidation sites excluding steroid dienone is 2. The summed E-state index contributed by atoms with van der Waals surface area (Å²) in [5.41, 5.74) is 5.70. The van der Waals surface area contributed by atoms with Crippen LogP contribution >= 0.6 is 0 Å². The molecule has 0 aliphatic carbocycles. The zero-order valence-corrected chi connectivity index (χ0v) is 5.83. The van der Waals surface area contributed by atoms with Crippen LogP contribution in [0.1, 0.15) is 6.92 Å². The molecule has 0 unspecified atom stereocenters. The number of hydrogen-bond acceptors (Lipinski definition) is 3. The van der Waals surface area contributed by atoms with E-state index in [-0.39, 0.29) is 0 Å². The van der Waals surface area contributed by atoms with Crippen molar-refractivity contribution in [2.45, 2.75) is 13.0 Å². The molecule has 0 bridgehead atoms. The summed E-state index contributed by atoms with van der Waals surface area (Å²) < 4.78 is 0. The molecule has 0 aromatic carbocycles. The van der Waals surface area contributed by atoms with E-state index in [2.05, 4.69) is 6.58 Å². The van der Waals surface area contributed by atoms with Gasteiger partial charge < -0.3 is 15.6 Å². The second kappa shape index (κ2) is 3.85. The molecule has 0 radical (unpaired) electrons. The van der Waals surface area contributed by atoms with Gasteiger partial charge >= 0.3 is 0 Å². The SMILES string of the molecule is C=C/C=C(/C)[C@H](N)C(=O)[O-].